The number of carbonyl (C=O) groups excluding carboxylic acids is 1. The molecule has 25 heavy (non-hydrogen) atoms. The van der Waals surface area contributed by atoms with Gasteiger partial charge in [-0.25, -0.2) is 0 Å². The minimum Gasteiger partial charge on any atom is -0.336 e. The lowest BCUT2D eigenvalue weighted by molar-refractivity contribution is -0.135. The first kappa shape index (κ1) is 18.7. The van der Waals surface area contributed by atoms with E-state index in [1.807, 2.05) is 0 Å². The first-order valence-corrected chi connectivity index (χ1v) is 9.90. The second-order valence-corrected chi connectivity index (χ2v) is 8.04. The molecule has 1 aromatic rings. The Morgan fingerprint density at radius 3 is 2.44 bits per heavy atom. The summed E-state index contributed by atoms with van der Waals surface area (Å²) in [5, 5.41) is 3.69. The third-order valence-electron chi connectivity index (χ3n) is 6.29. The van der Waals surface area contributed by atoms with Gasteiger partial charge in [-0.2, -0.15) is 0 Å². The molecule has 138 valence electrons. The van der Waals surface area contributed by atoms with Crippen LogP contribution in [-0.4, -0.2) is 29.4 Å². The van der Waals surface area contributed by atoms with Crippen LogP contribution in [-0.2, 0) is 4.79 Å². The molecular formula is C21H31ClN2O. The van der Waals surface area contributed by atoms with E-state index >= 15 is 0 Å². The fourth-order valence-electron chi connectivity index (χ4n) is 5.13. The highest BCUT2D eigenvalue weighted by Crippen LogP contribution is 2.35. The van der Waals surface area contributed by atoms with Crippen LogP contribution in [0.4, 0.5) is 0 Å². The van der Waals surface area contributed by atoms with Crippen molar-refractivity contribution in [2.24, 2.45) is 5.92 Å². The Balaban J connectivity index is 0.00000182. The molecule has 0 aromatic heterocycles. The molecule has 0 radical (unpaired) electrons. The maximum atomic E-state index is 13.1. The summed E-state index contributed by atoms with van der Waals surface area (Å²) in [6.45, 7) is 0.941. The largest absolute Gasteiger partial charge is 0.336 e. The Bertz CT molecular complexity index is 552. The van der Waals surface area contributed by atoms with E-state index in [2.05, 4.69) is 40.5 Å². The number of nitrogens with zero attached hydrogens (tertiary/aromatic N) is 1. The molecule has 0 saturated carbocycles. The Morgan fingerprint density at radius 2 is 1.72 bits per heavy atom. The van der Waals surface area contributed by atoms with Crippen LogP contribution in [0.5, 0.6) is 0 Å². The summed E-state index contributed by atoms with van der Waals surface area (Å²) in [5.74, 6) is 0.993. The maximum Gasteiger partial charge on any atom is 0.223 e. The third kappa shape index (κ3) is 4.38. The van der Waals surface area contributed by atoms with Crippen molar-refractivity contribution < 1.29 is 4.79 Å². The summed E-state index contributed by atoms with van der Waals surface area (Å²) < 4.78 is 0. The highest BCUT2D eigenvalue weighted by Gasteiger charge is 2.36. The summed E-state index contributed by atoms with van der Waals surface area (Å²) >= 11 is 0. The predicted molar refractivity (Wildman–Crippen MR) is 104 cm³/mol. The monoisotopic (exact) mass is 362 g/mol. The van der Waals surface area contributed by atoms with Crippen molar-refractivity contribution in [2.75, 3.05) is 6.54 Å². The third-order valence-corrected chi connectivity index (χ3v) is 6.29. The van der Waals surface area contributed by atoms with E-state index < -0.39 is 0 Å². The van der Waals surface area contributed by atoms with Crippen LogP contribution >= 0.6 is 12.4 Å². The lowest BCUT2D eigenvalue weighted by atomic mass is 9.89. The Kier molecular flexibility index (Phi) is 6.40. The topological polar surface area (TPSA) is 32.3 Å². The van der Waals surface area contributed by atoms with Crippen molar-refractivity contribution in [1.82, 2.24) is 10.2 Å². The highest BCUT2D eigenvalue weighted by atomic mass is 35.5. The van der Waals surface area contributed by atoms with Crippen molar-refractivity contribution in [1.29, 1.82) is 0 Å². The van der Waals surface area contributed by atoms with Crippen LogP contribution in [0.2, 0.25) is 0 Å². The molecule has 3 saturated heterocycles. The van der Waals surface area contributed by atoms with Gasteiger partial charge in [0.15, 0.2) is 0 Å². The minimum atomic E-state index is 0. The zero-order chi connectivity index (χ0) is 16.4. The van der Waals surface area contributed by atoms with Crippen molar-refractivity contribution in [3.63, 3.8) is 0 Å². The van der Waals surface area contributed by atoms with Gasteiger partial charge >= 0.3 is 0 Å². The van der Waals surface area contributed by atoms with Crippen LogP contribution in [0.25, 0.3) is 0 Å². The standard InChI is InChI=1S/C21H30N2O.ClH/c24-21(15-16-13-18-10-11-19(14-16)22-18)23-12-6-2-5-9-20(23)17-7-3-1-4-8-17;/h1,3-4,7-8,16,18-20,22H,2,5-6,9-15H2;1H. The number of rotatable bonds is 3. The Labute approximate surface area is 158 Å². The van der Waals surface area contributed by atoms with Crippen LogP contribution < -0.4 is 5.32 Å². The van der Waals surface area contributed by atoms with Crippen molar-refractivity contribution in [3.8, 4) is 0 Å². The molecule has 3 aliphatic rings. The molecule has 3 nitrogen and oxygen atoms in total. The molecule has 0 aliphatic carbocycles. The Morgan fingerprint density at radius 1 is 1.00 bits per heavy atom. The lowest BCUT2D eigenvalue weighted by Crippen LogP contribution is -2.41. The fourth-order valence-corrected chi connectivity index (χ4v) is 5.13. The van der Waals surface area contributed by atoms with Crippen molar-refractivity contribution in [3.05, 3.63) is 35.9 Å². The smallest absolute Gasteiger partial charge is 0.223 e. The number of benzene rings is 1. The quantitative estimate of drug-likeness (QED) is 0.860. The molecular weight excluding hydrogens is 332 g/mol. The molecule has 0 spiro atoms. The maximum absolute atomic E-state index is 13.1. The summed E-state index contributed by atoms with van der Waals surface area (Å²) in [6.07, 6.45) is 10.6. The molecule has 4 heteroatoms. The zero-order valence-corrected chi connectivity index (χ0v) is 15.8. The molecule has 1 aromatic carbocycles. The molecule has 3 aliphatic heterocycles. The molecule has 4 rings (SSSR count). The average Bonchev–Trinajstić information content (AvgIpc) is 2.81. The molecule has 2 bridgehead atoms. The van der Waals surface area contributed by atoms with Gasteiger partial charge in [-0.15, -0.1) is 12.4 Å². The first-order chi connectivity index (χ1) is 11.8. The molecule has 1 amide bonds. The van der Waals surface area contributed by atoms with E-state index in [1.165, 1.54) is 44.1 Å². The molecule has 3 heterocycles. The van der Waals surface area contributed by atoms with E-state index in [0.717, 1.165) is 25.8 Å². The fraction of sp³-hybridized carbons (Fsp3) is 0.667. The van der Waals surface area contributed by atoms with E-state index in [-0.39, 0.29) is 12.4 Å². The number of halogens is 1. The lowest BCUT2D eigenvalue weighted by Gasteiger charge is -2.34. The van der Waals surface area contributed by atoms with E-state index in [9.17, 15) is 4.79 Å². The van der Waals surface area contributed by atoms with Gasteiger partial charge in [0.25, 0.3) is 0 Å². The van der Waals surface area contributed by atoms with Crippen molar-refractivity contribution in [2.45, 2.75) is 75.9 Å². The van der Waals surface area contributed by atoms with Gasteiger partial charge in [-0.3, -0.25) is 4.79 Å². The molecule has 3 atom stereocenters. The van der Waals surface area contributed by atoms with Gasteiger partial charge in [-0.1, -0.05) is 43.2 Å². The number of carbonyl (C=O) groups is 1. The van der Waals surface area contributed by atoms with Gasteiger partial charge in [0.1, 0.15) is 0 Å². The Hall–Kier alpha value is -1.06. The predicted octanol–water partition coefficient (Wildman–Crippen LogP) is 4.47. The molecule has 3 fully saturated rings. The van der Waals surface area contributed by atoms with Gasteiger partial charge in [-0.05, 0) is 50.0 Å². The summed E-state index contributed by atoms with van der Waals surface area (Å²) in [5.41, 5.74) is 1.32. The van der Waals surface area contributed by atoms with Crippen molar-refractivity contribution >= 4 is 18.3 Å². The van der Waals surface area contributed by atoms with Crippen LogP contribution in [0, 0.1) is 5.92 Å². The number of piperidine rings is 1. The normalized spacial score (nSPS) is 31.9. The number of likely N-dealkylation sites (tertiary alicyclic amines) is 1. The number of hydrogen-bond acceptors (Lipinski definition) is 2. The van der Waals surface area contributed by atoms with Crippen LogP contribution in [0.3, 0.4) is 0 Å². The summed E-state index contributed by atoms with van der Waals surface area (Å²) in [6, 6.07) is 12.3. The van der Waals surface area contributed by atoms with E-state index in [0.29, 0.717) is 30.0 Å². The zero-order valence-electron chi connectivity index (χ0n) is 15.0. The number of nitrogens with one attached hydrogen (secondary N) is 1. The first-order valence-electron chi connectivity index (χ1n) is 9.90. The SMILES string of the molecule is Cl.O=C(CC1CC2CCC(C1)N2)N1CCCCCC1c1ccccc1. The molecule has 3 unspecified atom stereocenters. The molecule has 1 N–H and O–H groups in total. The van der Waals surface area contributed by atoms with Gasteiger partial charge in [0, 0.05) is 25.0 Å². The van der Waals surface area contributed by atoms with Gasteiger partial charge < -0.3 is 10.2 Å². The number of fused-ring (bicyclic) bond motifs is 2. The summed E-state index contributed by atoms with van der Waals surface area (Å²) in [4.78, 5) is 15.4. The van der Waals surface area contributed by atoms with E-state index in [4.69, 9.17) is 0 Å². The average molecular weight is 363 g/mol. The number of amides is 1. The highest BCUT2D eigenvalue weighted by molar-refractivity contribution is 5.85. The number of hydrogen-bond donors (Lipinski definition) is 1. The van der Waals surface area contributed by atoms with Crippen LogP contribution in [0.15, 0.2) is 30.3 Å². The van der Waals surface area contributed by atoms with Crippen LogP contribution in [0.1, 0.15) is 69.4 Å². The summed E-state index contributed by atoms with van der Waals surface area (Å²) in [7, 11) is 0. The van der Waals surface area contributed by atoms with Gasteiger partial charge in [0.05, 0.1) is 6.04 Å². The minimum absolute atomic E-state index is 0. The van der Waals surface area contributed by atoms with Gasteiger partial charge in [0.2, 0.25) is 5.91 Å². The second-order valence-electron chi connectivity index (χ2n) is 8.04. The second kappa shape index (κ2) is 8.55. The van der Waals surface area contributed by atoms with E-state index in [1.54, 1.807) is 0 Å².